The van der Waals surface area contributed by atoms with E-state index in [1.807, 2.05) is 6.07 Å². The Kier molecular flexibility index (Phi) is 4.70. The van der Waals surface area contributed by atoms with Crippen LogP contribution in [0.15, 0.2) is 35.7 Å². The predicted octanol–water partition coefficient (Wildman–Crippen LogP) is 2.00. The van der Waals surface area contributed by atoms with E-state index in [0.29, 0.717) is 12.2 Å². The molecule has 1 fully saturated rings. The Morgan fingerprint density at radius 3 is 2.68 bits per heavy atom. The van der Waals surface area contributed by atoms with Gasteiger partial charge < -0.3 is 16.0 Å². The molecule has 116 valence electrons. The lowest BCUT2D eigenvalue weighted by Gasteiger charge is -2.33. The zero-order chi connectivity index (χ0) is 15.4. The van der Waals surface area contributed by atoms with Crippen LogP contribution in [0.1, 0.15) is 28.3 Å². The molecule has 0 bridgehead atoms. The highest BCUT2D eigenvalue weighted by Crippen LogP contribution is 2.19. The number of para-hydroxylation sites is 1. The Balaban J connectivity index is 1.52. The molecule has 6 heteroatoms. The first-order chi connectivity index (χ1) is 10.8. The van der Waals surface area contributed by atoms with Crippen molar-refractivity contribution in [2.24, 2.45) is 5.73 Å². The third-order valence-electron chi connectivity index (χ3n) is 3.91. The van der Waals surface area contributed by atoms with Crippen molar-refractivity contribution >= 4 is 22.9 Å². The van der Waals surface area contributed by atoms with Gasteiger partial charge in [-0.1, -0.05) is 18.2 Å². The Labute approximate surface area is 134 Å². The van der Waals surface area contributed by atoms with E-state index < -0.39 is 0 Å². The molecule has 3 N–H and O–H groups in total. The van der Waals surface area contributed by atoms with E-state index in [1.165, 1.54) is 17.0 Å². The number of benzene rings is 1. The summed E-state index contributed by atoms with van der Waals surface area (Å²) in [4.78, 5) is 18.8. The van der Waals surface area contributed by atoms with Crippen molar-refractivity contribution < 1.29 is 4.79 Å². The number of amides is 1. The normalized spacial score (nSPS) is 15.8. The third-order valence-corrected chi connectivity index (χ3v) is 4.78. The lowest BCUT2D eigenvalue weighted by molar-refractivity contribution is 0.0926. The lowest BCUT2D eigenvalue weighted by atomic mass is 10.0. The van der Waals surface area contributed by atoms with Gasteiger partial charge in [0.15, 0.2) is 0 Å². The van der Waals surface area contributed by atoms with Crippen molar-refractivity contribution in [2.45, 2.75) is 25.4 Å². The van der Waals surface area contributed by atoms with E-state index in [2.05, 4.69) is 39.5 Å². The molecule has 22 heavy (non-hydrogen) atoms. The van der Waals surface area contributed by atoms with Gasteiger partial charge in [-0.05, 0) is 25.0 Å². The molecular formula is C16H20N4OS. The molecule has 0 aliphatic carbocycles. The number of hydrogen-bond acceptors (Lipinski definition) is 5. The number of carbonyl (C=O) groups excluding carboxylic acids is 1. The molecule has 0 spiro atoms. The molecule has 0 radical (unpaired) electrons. The van der Waals surface area contributed by atoms with Crippen LogP contribution in [-0.4, -0.2) is 30.0 Å². The van der Waals surface area contributed by atoms with Crippen LogP contribution in [0.3, 0.4) is 0 Å². The highest BCUT2D eigenvalue weighted by Gasteiger charge is 2.22. The van der Waals surface area contributed by atoms with Crippen molar-refractivity contribution in [3.8, 4) is 0 Å². The van der Waals surface area contributed by atoms with Crippen LogP contribution < -0.4 is 16.0 Å². The SMILES string of the molecule is NCc1nc(C(=O)NC2CCN(c3ccccc3)CC2)cs1. The highest BCUT2D eigenvalue weighted by atomic mass is 32.1. The molecule has 1 aromatic heterocycles. The number of piperidine rings is 1. The van der Waals surface area contributed by atoms with Crippen LogP contribution in [0.2, 0.25) is 0 Å². The number of hydrogen-bond donors (Lipinski definition) is 2. The number of nitrogens with zero attached hydrogens (tertiary/aromatic N) is 2. The van der Waals surface area contributed by atoms with Crippen molar-refractivity contribution in [3.63, 3.8) is 0 Å². The second-order valence-corrected chi connectivity index (χ2v) is 6.34. The maximum atomic E-state index is 12.2. The van der Waals surface area contributed by atoms with E-state index >= 15 is 0 Å². The zero-order valence-corrected chi connectivity index (χ0v) is 13.2. The van der Waals surface area contributed by atoms with E-state index in [0.717, 1.165) is 30.9 Å². The van der Waals surface area contributed by atoms with E-state index in [-0.39, 0.29) is 11.9 Å². The van der Waals surface area contributed by atoms with Gasteiger partial charge in [-0.25, -0.2) is 4.98 Å². The van der Waals surface area contributed by atoms with Gasteiger partial charge in [-0.3, -0.25) is 4.79 Å². The summed E-state index contributed by atoms with van der Waals surface area (Å²) in [5.74, 6) is -0.0888. The van der Waals surface area contributed by atoms with Gasteiger partial charge in [-0.15, -0.1) is 11.3 Å². The molecule has 1 aliphatic heterocycles. The quantitative estimate of drug-likeness (QED) is 0.905. The molecule has 1 amide bonds. The second-order valence-electron chi connectivity index (χ2n) is 5.40. The number of nitrogens with two attached hydrogens (primary N) is 1. The average molecular weight is 316 g/mol. The molecular weight excluding hydrogens is 296 g/mol. The first-order valence-electron chi connectivity index (χ1n) is 7.51. The van der Waals surface area contributed by atoms with Crippen molar-refractivity contribution in [1.82, 2.24) is 10.3 Å². The first-order valence-corrected chi connectivity index (χ1v) is 8.39. The summed E-state index contributed by atoms with van der Waals surface area (Å²) in [6, 6.07) is 10.6. The van der Waals surface area contributed by atoms with Crippen LogP contribution in [0.5, 0.6) is 0 Å². The largest absolute Gasteiger partial charge is 0.371 e. The fourth-order valence-corrected chi connectivity index (χ4v) is 3.34. The van der Waals surface area contributed by atoms with Crippen molar-refractivity contribution in [3.05, 3.63) is 46.4 Å². The first kappa shape index (κ1) is 15.0. The van der Waals surface area contributed by atoms with Crippen LogP contribution in [0.25, 0.3) is 0 Å². The maximum Gasteiger partial charge on any atom is 0.270 e. The Bertz CT molecular complexity index is 620. The molecule has 3 rings (SSSR count). The van der Waals surface area contributed by atoms with Crippen LogP contribution >= 0.6 is 11.3 Å². The molecule has 1 aliphatic rings. The molecule has 0 atom stereocenters. The Hall–Kier alpha value is -1.92. The van der Waals surface area contributed by atoms with Crippen LogP contribution in [0, 0.1) is 0 Å². The van der Waals surface area contributed by atoms with Gasteiger partial charge in [0.1, 0.15) is 10.7 Å². The summed E-state index contributed by atoms with van der Waals surface area (Å²) in [5, 5.41) is 5.65. The van der Waals surface area contributed by atoms with Gasteiger partial charge in [0.2, 0.25) is 0 Å². The molecule has 2 heterocycles. The summed E-state index contributed by atoms with van der Waals surface area (Å²) >= 11 is 1.43. The number of nitrogens with one attached hydrogen (secondary N) is 1. The second kappa shape index (κ2) is 6.89. The van der Waals surface area contributed by atoms with Gasteiger partial charge in [-0.2, -0.15) is 0 Å². The fraction of sp³-hybridized carbons (Fsp3) is 0.375. The number of rotatable bonds is 4. The lowest BCUT2D eigenvalue weighted by Crippen LogP contribution is -2.44. The summed E-state index contributed by atoms with van der Waals surface area (Å²) in [6.45, 7) is 2.30. The van der Waals surface area contributed by atoms with Gasteiger partial charge in [0.25, 0.3) is 5.91 Å². The highest BCUT2D eigenvalue weighted by molar-refractivity contribution is 7.09. The van der Waals surface area contributed by atoms with E-state index in [9.17, 15) is 4.79 Å². The summed E-state index contributed by atoms with van der Waals surface area (Å²) in [5.41, 5.74) is 7.26. The average Bonchev–Trinajstić information content (AvgIpc) is 3.06. The van der Waals surface area contributed by atoms with Crippen molar-refractivity contribution in [1.29, 1.82) is 0 Å². The molecule has 2 aromatic rings. The van der Waals surface area contributed by atoms with Gasteiger partial charge >= 0.3 is 0 Å². The van der Waals surface area contributed by atoms with E-state index in [1.54, 1.807) is 5.38 Å². The minimum atomic E-state index is -0.0888. The third kappa shape index (κ3) is 3.45. The Morgan fingerprint density at radius 1 is 1.32 bits per heavy atom. The minimum absolute atomic E-state index is 0.0888. The number of aromatic nitrogens is 1. The predicted molar refractivity (Wildman–Crippen MR) is 89.1 cm³/mol. The monoisotopic (exact) mass is 316 g/mol. The molecule has 1 aromatic carbocycles. The van der Waals surface area contributed by atoms with Crippen LogP contribution in [-0.2, 0) is 6.54 Å². The number of thiazole rings is 1. The molecule has 1 saturated heterocycles. The zero-order valence-electron chi connectivity index (χ0n) is 12.4. The molecule has 5 nitrogen and oxygen atoms in total. The summed E-state index contributed by atoms with van der Waals surface area (Å²) in [7, 11) is 0. The standard InChI is InChI=1S/C16H20N4OS/c17-10-15-19-14(11-22-15)16(21)18-12-6-8-20(9-7-12)13-4-2-1-3-5-13/h1-5,11-12H,6-10,17H2,(H,18,21). The number of anilines is 1. The van der Waals surface area contributed by atoms with Crippen molar-refractivity contribution in [2.75, 3.05) is 18.0 Å². The fourth-order valence-electron chi connectivity index (χ4n) is 2.69. The summed E-state index contributed by atoms with van der Waals surface area (Å²) in [6.07, 6.45) is 1.91. The van der Waals surface area contributed by atoms with Gasteiger partial charge in [0, 0.05) is 36.7 Å². The van der Waals surface area contributed by atoms with Crippen LogP contribution in [0.4, 0.5) is 5.69 Å². The summed E-state index contributed by atoms with van der Waals surface area (Å²) < 4.78 is 0. The maximum absolute atomic E-state index is 12.2. The topological polar surface area (TPSA) is 71.2 Å². The van der Waals surface area contributed by atoms with E-state index in [4.69, 9.17) is 5.73 Å². The molecule has 0 saturated carbocycles. The number of carbonyl (C=O) groups is 1. The molecule has 0 unspecified atom stereocenters. The smallest absolute Gasteiger partial charge is 0.270 e. The minimum Gasteiger partial charge on any atom is -0.371 e. The Morgan fingerprint density at radius 2 is 2.05 bits per heavy atom. The van der Waals surface area contributed by atoms with Gasteiger partial charge in [0.05, 0.1) is 0 Å².